The van der Waals surface area contributed by atoms with Crippen LogP contribution in [0.5, 0.6) is 0 Å². The minimum atomic E-state index is -0.942. The van der Waals surface area contributed by atoms with Crippen molar-refractivity contribution in [3.8, 4) is 5.69 Å². The molecular weight excluding hydrogens is 320 g/mol. The number of hydrogen-bond acceptors (Lipinski definition) is 6. The lowest BCUT2D eigenvalue weighted by atomic mass is 9.46. The average Bonchev–Trinajstić information content (AvgIpc) is 3.16. The van der Waals surface area contributed by atoms with Gasteiger partial charge in [-0.25, -0.2) is 4.68 Å². The molecule has 0 radical (unpaired) electrons. The van der Waals surface area contributed by atoms with Crippen LogP contribution in [0, 0.1) is 11.3 Å². The van der Waals surface area contributed by atoms with Crippen molar-refractivity contribution >= 4 is 11.6 Å². The van der Waals surface area contributed by atoms with Gasteiger partial charge in [0.25, 0.3) is 0 Å². The van der Waals surface area contributed by atoms with Crippen LogP contribution in [0.2, 0.25) is 0 Å². The van der Waals surface area contributed by atoms with Gasteiger partial charge in [-0.2, -0.15) is 0 Å². The fraction of sp³-hybridized carbons (Fsp3) is 0.529. The zero-order valence-corrected chi connectivity index (χ0v) is 14.3. The highest BCUT2D eigenvalue weighted by Gasteiger charge is 2.70. The molecule has 3 unspecified atom stereocenters. The van der Waals surface area contributed by atoms with E-state index in [4.69, 9.17) is 10.5 Å². The highest BCUT2D eigenvalue weighted by Crippen LogP contribution is 2.57. The Labute approximate surface area is 145 Å². The highest BCUT2D eigenvalue weighted by atomic mass is 16.5. The third kappa shape index (κ3) is 2.28. The van der Waals surface area contributed by atoms with Gasteiger partial charge in [-0.3, -0.25) is 4.79 Å². The number of nitrogens with zero attached hydrogens (tertiary/aromatic N) is 4. The van der Waals surface area contributed by atoms with Gasteiger partial charge in [0.15, 0.2) is 0 Å². The van der Waals surface area contributed by atoms with Crippen molar-refractivity contribution in [2.75, 3.05) is 11.9 Å². The Balaban J connectivity index is 1.57. The summed E-state index contributed by atoms with van der Waals surface area (Å²) >= 11 is 0. The molecule has 2 aromatic rings. The second-order valence-corrected chi connectivity index (χ2v) is 7.39. The second-order valence-electron chi connectivity index (χ2n) is 7.39. The Bertz CT molecular complexity index is 790. The van der Waals surface area contributed by atoms with Crippen molar-refractivity contribution in [1.29, 1.82) is 0 Å². The minimum Gasteiger partial charge on any atom is -0.377 e. The fourth-order valence-corrected chi connectivity index (χ4v) is 4.28. The van der Waals surface area contributed by atoms with Gasteiger partial charge in [0.1, 0.15) is 11.9 Å². The van der Waals surface area contributed by atoms with Crippen LogP contribution >= 0.6 is 0 Å². The van der Waals surface area contributed by atoms with Crippen LogP contribution in [0.3, 0.4) is 0 Å². The first kappa shape index (κ1) is 16.2. The summed E-state index contributed by atoms with van der Waals surface area (Å²) < 4.78 is 7.40. The molecule has 1 aliphatic carbocycles. The zero-order chi connectivity index (χ0) is 17.7. The Hall–Kier alpha value is -2.32. The summed E-state index contributed by atoms with van der Waals surface area (Å²) in [5.41, 5.74) is 6.71. The van der Waals surface area contributed by atoms with Crippen molar-refractivity contribution in [3.63, 3.8) is 0 Å². The summed E-state index contributed by atoms with van der Waals surface area (Å²) in [6, 6.07) is 7.35. The molecule has 1 amide bonds. The number of nitrogens with two attached hydrogens (primary N) is 1. The van der Waals surface area contributed by atoms with Gasteiger partial charge >= 0.3 is 0 Å². The van der Waals surface area contributed by atoms with Crippen LogP contribution in [0.15, 0.2) is 30.6 Å². The number of rotatable bonds is 3. The number of hydrogen-bond donors (Lipinski definition) is 2. The van der Waals surface area contributed by atoms with Crippen LogP contribution in [0.25, 0.3) is 5.69 Å². The number of tetrazole rings is 1. The van der Waals surface area contributed by atoms with Crippen LogP contribution in [-0.2, 0) is 9.53 Å². The highest BCUT2D eigenvalue weighted by molar-refractivity contribution is 6.00. The molecule has 3 atom stereocenters. The number of fused-ring (bicyclic) bond motifs is 1. The third-order valence-corrected chi connectivity index (χ3v) is 5.78. The van der Waals surface area contributed by atoms with Gasteiger partial charge in [0, 0.05) is 23.6 Å². The van der Waals surface area contributed by atoms with Crippen molar-refractivity contribution in [2.45, 2.75) is 38.3 Å². The molecule has 25 heavy (non-hydrogen) atoms. The van der Waals surface area contributed by atoms with Crippen LogP contribution in [0.1, 0.15) is 26.7 Å². The molecule has 1 aromatic heterocycles. The van der Waals surface area contributed by atoms with E-state index in [0.717, 1.165) is 25.1 Å². The number of benzene rings is 1. The molecule has 2 heterocycles. The Kier molecular flexibility index (Phi) is 3.62. The topological polar surface area (TPSA) is 108 Å². The molecule has 1 aromatic carbocycles. The van der Waals surface area contributed by atoms with E-state index in [2.05, 4.69) is 20.8 Å². The SMILES string of the molecule is CC1(C)C2OCCCC2C1(N)C(=O)Nc1cccc(-n2cnnn2)c1. The predicted molar refractivity (Wildman–Crippen MR) is 90.9 cm³/mol. The molecule has 8 nitrogen and oxygen atoms in total. The minimum absolute atomic E-state index is 0.0459. The number of anilines is 1. The van der Waals surface area contributed by atoms with Crippen molar-refractivity contribution < 1.29 is 9.53 Å². The van der Waals surface area contributed by atoms with Gasteiger partial charge in [0.05, 0.1) is 11.8 Å². The molecular formula is C17H22N6O2. The van der Waals surface area contributed by atoms with E-state index < -0.39 is 11.0 Å². The van der Waals surface area contributed by atoms with Gasteiger partial charge in [-0.1, -0.05) is 19.9 Å². The molecule has 1 saturated carbocycles. The molecule has 0 bridgehead atoms. The van der Waals surface area contributed by atoms with E-state index in [1.165, 1.54) is 11.0 Å². The maximum Gasteiger partial charge on any atom is 0.245 e. The van der Waals surface area contributed by atoms with E-state index >= 15 is 0 Å². The molecule has 2 fully saturated rings. The van der Waals surface area contributed by atoms with Crippen molar-refractivity contribution in [3.05, 3.63) is 30.6 Å². The summed E-state index contributed by atoms with van der Waals surface area (Å²) in [6.45, 7) is 4.77. The summed E-state index contributed by atoms with van der Waals surface area (Å²) in [5, 5.41) is 14.1. The monoisotopic (exact) mass is 342 g/mol. The van der Waals surface area contributed by atoms with Crippen LogP contribution < -0.4 is 11.1 Å². The van der Waals surface area contributed by atoms with Gasteiger partial charge in [-0.15, -0.1) is 5.10 Å². The number of carbonyl (C=O) groups is 1. The van der Waals surface area contributed by atoms with E-state index in [1.54, 1.807) is 0 Å². The molecule has 0 spiro atoms. The smallest absolute Gasteiger partial charge is 0.245 e. The molecule has 4 rings (SSSR count). The lowest BCUT2D eigenvalue weighted by Gasteiger charge is -2.65. The fourth-order valence-electron chi connectivity index (χ4n) is 4.28. The summed E-state index contributed by atoms with van der Waals surface area (Å²) in [7, 11) is 0. The first-order valence-electron chi connectivity index (χ1n) is 8.50. The van der Waals surface area contributed by atoms with E-state index in [9.17, 15) is 4.79 Å². The first-order chi connectivity index (χ1) is 11.9. The van der Waals surface area contributed by atoms with Crippen LogP contribution in [0.4, 0.5) is 5.69 Å². The average molecular weight is 342 g/mol. The number of amides is 1. The molecule has 8 heteroatoms. The Morgan fingerprint density at radius 1 is 1.44 bits per heavy atom. The lowest BCUT2D eigenvalue weighted by Crippen LogP contribution is -2.81. The maximum atomic E-state index is 13.0. The lowest BCUT2D eigenvalue weighted by molar-refractivity contribution is -0.222. The first-order valence-corrected chi connectivity index (χ1v) is 8.50. The molecule has 3 N–H and O–H groups in total. The van der Waals surface area contributed by atoms with Gasteiger partial charge in [0.2, 0.25) is 5.91 Å². The van der Waals surface area contributed by atoms with E-state index in [1.807, 2.05) is 38.1 Å². The summed E-state index contributed by atoms with van der Waals surface area (Å²) in [4.78, 5) is 13.0. The second kappa shape index (κ2) is 5.60. The molecule has 132 valence electrons. The Morgan fingerprint density at radius 2 is 2.28 bits per heavy atom. The maximum absolute atomic E-state index is 13.0. The normalized spacial score (nSPS) is 30.2. The number of nitrogens with one attached hydrogen (secondary N) is 1. The Morgan fingerprint density at radius 3 is 3.04 bits per heavy atom. The van der Waals surface area contributed by atoms with Crippen molar-refractivity contribution in [1.82, 2.24) is 20.2 Å². The third-order valence-electron chi connectivity index (χ3n) is 5.78. The standard InChI is InChI=1S/C17H22N6O2/c1-16(2)14-13(7-4-8-25-14)17(16,18)15(24)20-11-5-3-6-12(9-11)23-10-19-21-22-23/h3,5-6,9-10,13-14H,4,7-8,18H2,1-2H3,(H,20,24). The van der Waals surface area contributed by atoms with Gasteiger partial charge < -0.3 is 15.8 Å². The largest absolute Gasteiger partial charge is 0.377 e. The predicted octanol–water partition coefficient (Wildman–Crippen LogP) is 1.13. The number of aromatic nitrogens is 4. The molecule has 1 aliphatic heterocycles. The molecule has 1 saturated heterocycles. The van der Waals surface area contributed by atoms with Crippen LogP contribution in [-0.4, -0.2) is 44.4 Å². The van der Waals surface area contributed by atoms with E-state index in [0.29, 0.717) is 5.69 Å². The molecule has 2 aliphatic rings. The summed E-state index contributed by atoms with van der Waals surface area (Å²) in [6.07, 6.45) is 3.41. The number of carbonyl (C=O) groups excluding carboxylic acids is 1. The summed E-state index contributed by atoms with van der Waals surface area (Å²) in [5.74, 6) is -0.114. The van der Waals surface area contributed by atoms with Crippen molar-refractivity contribution in [2.24, 2.45) is 17.1 Å². The quantitative estimate of drug-likeness (QED) is 0.866. The number of ether oxygens (including phenoxy) is 1. The van der Waals surface area contributed by atoms with E-state index in [-0.39, 0.29) is 17.9 Å². The van der Waals surface area contributed by atoms with Gasteiger partial charge in [-0.05, 0) is 41.5 Å². The zero-order valence-electron chi connectivity index (χ0n) is 14.3.